The Labute approximate surface area is 203 Å². The van der Waals surface area contributed by atoms with Gasteiger partial charge in [-0.2, -0.15) is 0 Å². The number of nitrogens with zero attached hydrogens (tertiary/aromatic N) is 5. The highest BCUT2D eigenvalue weighted by atomic mass is 16.2. The summed E-state index contributed by atoms with van der Waals surface area (Å²) < 4.78 is 1.69. The predicted molar refractivity (Wildman–Crippen MR) is 138 cm³/mol. The van der Waals surface area contributed by atoms with Crippen molar-refractivity contribution in [1.29, 1.82) is 0 Å². The van der Waals surface area contributed by atoms with E-state index in [1.165, 1.54) is 0 Å². The molecule has 35 heavy (non-hydrogen) atoms. The van der Waals surface area contributed by atoms with Crippen LogP contribution in [0.25, 0.3) is 11.2 Å². The van der Waals surface area contributed by atoms with Crippen molar-refractivity contribution in [3.05, 3.63) is 93.9 Å². The first-order valence-electron chi connectivity index (χ1n) is 11.8. The number of hydrogen-bond acceptors (Lipinski definition) is 5. The zero-order chi connectivity index (χ0) is 24.4. The van der Waals surface area contributed by atoms with Crippen molar-refractivity contribution in [3.8, 4) is 0 Å². The Balaban J connectivity index is 1.36. The molecular formula is C27H28N6O2. The summed E-state index contributed by atoms with van der Waals surface area (Å²) in [6.07, 6.45) is 1.68. The van der Waals surface area contributed by atoms with E-state index in [0.29, 0.717) is 49.7 Å². The zero-order valence-corrected chi connectivity index (χ0v) is 19.9. The Kier molecular flexibility index (Phi) is 6.18. The first kappa shape index (κ1) is 22.6. The van der Waals surface area contributed by atoms with E-state index < -0.39 is 0 Å². The van der Waals surface area contributed by atoms with E-state index in [2.05, 4.69) is 15.3 Å². The van der Waals surface area contributed by atoms with Crippen LogP contribution in [-0.4, -0.2) is 51.6 Å². The van der Waals surface area contributed by atoms with Crippen LogP contribution in [-0.2, 0) is 6.54 Å². The molecule has 2 aromatic carbocycles. The number of fused-ring (bicyclic) bond motifs is 1. The number of carbonyl (C=O) groups excluding carboxylic acids is 1. The molecule has 0 atom stereocenters. The van der Waals surface area contributed by atoms with E-state index in [-0.39, 0.29) is 11.6 Å². The first-order chi connectivity index (χ1) is 17.0. The summed E-state index contributed by atoms with van der Waals surface area (Å²) in [4.78, 5) is 39.3. The number of pyridine rings is 1. The molecule has 1 N–H and O–H groups in total. The number of aryl methyl sites for hydroxylation is 1. The Bertz CT molecular complexity index is 1430. The highest BCUT2D eigenvalue weighted by Gasteiger charge is 2.25. The van der Waals surface area contributed by atoms with Crippen LogP contribution in [0.2, 0.25) is 0 Å². The van der Waals surface area contributed by atoms with Crippen molar-refractivity contribution < 1.29 is 4.79 Å². The number of urea groups is 1. The lowest BCUT2D eigenvalue weighted by Crippen LogP contribution is -2.51. The van der Waals surface area contributed by atoms with Gasteiger partial charge in [-0.1, -0.05) is 42.5 Å². The monoisotopic (exact) mass is 468 g/mol. The maximum atomic E-state index is 13.5. The quantitative estimate of drug-likeness (QED) is 0.493. The Morgan fingerprint density at radius 2 is 1.71 bits per heavy atom. The molecule has 8 nitrogen and oxygen atoms in total. The Morgan fingerprint density at radius 1 is 0.943 bits per heavy atom. The summed E-state index contributed by atoms with van der Waals surface area (Å²) in [6, 6.07) is 19.3. The van der Waals surface area contributed by atoms with Gasteiger partial charge in [-0.25, -0.2) is 14.8 Å². The molecule has 2 amide bonds. The van der Waals surface area contributed by atoms with Gasteiger partial charge in [-0.3, -0.25) is 9.36 Å². The molecule has 8 heteroatoms. The van der Waals surface area contributed by atoms with Gasteiger partial charge in [-0.15, -0.1) is 0 Å². The average Bonchev–Trinajstić information content (AvgIpc) is 2.89. The van der Waals surface area contributed by atoms with Crippen LogP contribution >= 0.6 is 0 Å². The second kappa shape index (κ2) is 9.58. The standard InChI is InChI=1S/C27H28N6O2/c1-19-8-6-11-22(20(19)2)30-27(35)32-16-14-31(15-17-32)25-26(34)33(18-21-9-4-3-5-10-21)24-23(29-25)12-7-13-28-24/h3-13H,14-18H2,1-2H3,(H,30,35). The Hall–Kier alpha value is -4.20. The van der Waals surface area contributed by atoms with Crippen LogP contribution in [0.15, 0.2) is 71.7 Å². The van der Waals surface area contributed by atoms with Crippen LogP contribution in [0, 0.1) is 13.8 Å². The lowest BCUT2D eigenvalue weighted by molar-refractivity contribution is 0.208. The number of carbonyl (C=O) groups is 1. The van der Waals surface area contributed by atoms with E-state index in [9.17, 15) is 9.59 Å². The number of piperazine rings is 1. The molecule has 2 aromatic heterocycles. The predicted octanol–water partition coefficient (Wildman–Crippen LogP) is 3.81. The fraction of sp³-hybridized carbons (Fsp3) is 0.259. The lowest BCUT2D eigenvalue weighted by Gasteiger charge is -2.35. The third-order valence-electron chi connectivity index (χ3n) is 6.58. The van der Waals surface area contributed by atoms with Crippen molar-refractivity contribution in [2.24, 2.45) is 0 Å². The van der Waals surface area contributed by atoms with Gasteiger partial charge in [0.1, 0.15) is 5.52 Å². The summed E-state index contributed by atoms with van der Waals surface area (Å²) >= 11 is 0. The minimum Gasteiger partial charge on any atom is -0.348 e. The van der Waals surface area contributed by atoms with Gasteiger partial charge in [0.05, 0.1) is 6.54 Å². The molecule has 178 valence electrons. The third kappa shape index (κ3) is 4.59. The van der Waals surface area contributed by atoms with Gasteiger partial charge in [0.2, 0.25) is 0 Å². The molecule has 0 unspecified atom stereocenters. The van der Waals surface area contributed by atoms with Gasteiger partial charge in [0, 0.05) is 38.1 Å². The second-order valence-corrected chi connectivity index (χ2v) is 8.81. The number of rotatable bonds is 4. The minimum atomic E-state index is -0.173. The minimum absolute atomic E-state index is 0.129. The molecule has 0 bridgehead atoms. The topological polar surface area (TPSA) is 83.4 Å². The van der Waals surface area contributed by atoms with Gasteiger partial charge < -0.3 is 15.1 Å². The maximum absolute atomic E-state index is 13.5. The van der Waals surface area contributed by atoms with E-state index >= 15 is 0 Å². The lowest BCUT2D eigenvalue weighted by atomic mass is 10.1. The molecule has 1 fully saturated rings. The molecule has 0 aliphatic carbocycles. The van der Waals surface area contributed by atoms with E-state index in [4.69, 9.17) is 0 Å². The van der Waals surface area contributed by atoms with Crippen LogP contribution in [0.4, 0.5) is 16.3 Å². The molecule has 4 aromatic rings. The number of benzene rings is 2. The molecule has 1 saturated heterocycles. The summed E-state index contributed by atoms with van der Waals surface area (Å²) in [5.74, 6) is 0.399. The molecule has 0 saturated carbocycles. The molecule has 1 aliphatic heterocycles. The summed E-state index contributed by atoms with van der Waals surface area (Å²) in [5.41, 5.74) is 5.11. The van der Waals surface area contributed by atoms with Crippen LogP contribution in [0.5, 0.6) is 0 Å². The van der Waals surface area contributed by atoms with Crippen molar-refractivity contribution in [2.75, 3.05) is 36.4 Å². The van der Waals surface area contributed by atoms with Crippen LogP contribution in [0.3, 0.4) is 0 Å². The van der Waals surface area contributed by atoms with Crippen LogP contribution < -0.4 is 15.8 Å². The second-order valence-electron chi connectivity index (χ2n) is 8.81. The number of amides is 2. The normalized spacial score (nSPS) is 13.8. The molecule has 0 spiro atoms. The maximum Gasteiger partial charge on any atom is 0.321 e. The number of aromatic nitrogens is 3. The SMILES string of the molecule is Cc1cccc(NC(=O)N2CCN(c3nc4cccnc4n(Cc4ccccc4)c3=O)CC2)c1C. The fourth-order valence-electron chi connectivity index (χ4n) is 4.38. The summed E-state index contributed by atoms with van der Waals surface area (Å²) in [5, 5.41) is 3.03. The largest absolute Gasteiger partial charge is 0.348 e. The van der Waals surface area contributed by atoms with E-state index in [1.807, 2.05) is 79.4 Å². The highest BCUT2D eigenvalue weighted by molar-refractivity contribution is 5.90. The van der Waals surface area contributed by atoms with Gasteiger partial charge >= 0.3 is 6.03 Å². The smallest absolute Gasteiger partial charge is 0.321 e. The van der Waals surface area contributed by atoms with E-state index in [1.54, 1.807) is 15.7 Å². The van der Waals surface area contributed by atoms with Crippen molar-refractivity contribution in [3.63, 3.8) is 0 Å². The molecule has 3 heterocycles. The van der Waals surface area contributed by atoms with Gasteiger partial charge in [0.15, 0.2) is 11.5 Å². The van der Waals surface area contributed by atoms with Gasteiger partial charge in [-0.05, 0) is 48.7 Å². The average molecular weight is 469 g/mol. The van der Waals surface area contributed by atoms with Crippen molar-refractivity contribution in [2.45, 2.75) is 20.4 Å². The summed E-state index contributed by atoms with van der Waals surface area (Å²) in [6.45, 7) is 6.51. The van der Waals surface area contributed by atoms with Crippen molar-refractivity contribution >= 4 is 28.7 Å². The summed E-state index contributed by atoms with van der Waals surface area (Å²) in [7, 11) is 0. The molecular weight excluding hydrogens is 440 g/mol. The third-order valence-corrected chi connectivity index (χ3v) is 6.58. The molecule has 0 radical (unpaired) electrons. The van der Waals surface area contributed by atoms with E-state index in [0.717, 1.165) is 22.4 Å². The number of hydrogen-bond donors (Lipinski definition) is 1. The van der Waals surface area contributed by atoms with Crippen molar-refractivity contribution in [1.82, 2.24) is 19.4 Å². The Morgan fingerprint density at radius 3 is 2.49 bits per heavy atom. The fourth-order valence-corrected chi connectivity index (χ4v) is 4.38. The van der Waals surface area contributed by atoms with Gasteiger partial charge in [0.25, 0.3) is 5.56 Å². The van der Waals surface area contributed by atoms with Crippen LogP contribution in [0.1, 0.15) is 16.7 Å². The number of anilines is 2. The highest BCUT2D eigenvalue weighted by Crippen LogP contribution is 2.20. The molecule has 1 aliphatic rings. The first-order valence-corrected chi connectivity index (χ1v) is 11.8. The zero-order valence-electron chi connectivity index (χ0n) is 19.9. The molecule has 5 rings (SSSR count). The number of nitrogens with one attached hydrogen (secondary N) is 1.